The zero-order chi connectivity index (χ0) is 17.2. The number of hydrogen-bond acceptors (Lipinski definition) is 4. The van der Waals surface area contributed by atoms with E-state index in [1.807, 2.05) is 0 Å². The fourth-order valence-electron chi connectivity index (χ4n) is 3.50. The van der Waals surface area contributed by atoms with Crippen LogP contribution in [0.3, 0.4) is 0 Å². The molecule has 1 aromatic rings. The van der Waals surface area contributed by atoms with Crippen molar-refractivity contribution in [2.45, 2.75) is 61.9 Å². The quantitative estimate of drug-likeness (QED) is 0.803. The van der Waals surface area contributed by atoms with Crippen molar-refractivity contribution in [3.05, 3.63) is 24.3 Å². The highest BCUT2D eigenvalue weighted by atomic mass is 32.2. The first-order valence-electron chi connectivity index (χ1n) is 8.50. The van der Waals surface area contributed by atoms with Gasteiger partial charge in [0.15, 0.2) is 0 Å². The average Bonchev–Trinajstić information content (AvgIpc) is 3.23. The van der Waals surface area contributed by atoms with E-state index < -0.39 is 20.0 Å². The second kappa shape index (κ2) is 6.92. The lowest BCUT2D eigenvalue weighted by Crippen LogP contribution is -2.26. The van der Waals surface area contributed by atoms with Crippen molar-refractivity contribution >= 4 is 31.4 Å². The molecule has 2 N–H and O–H groups in total. The van der Waals surface area contributed by atoms with E-state index in [9.17, 15) is 16.8 Å². The molecule has 0 aliphatic heterocycles. The minimum atomic E-state index is -3.36. The van der Waals surface area contributed by atoms with Crippen LogP contribution in [-0.4, -0.2) is 27.3 Å². The summed E-state index contributed by atoms with van der Waals surface area (Å²) in [6.07, 6.45) is 6.62. The minimum absolute atomic E-state index is 0.321. The summed E-state index contributed by atoms with van der Waals surface area (Å²) < 4.78 is 54.3. The first-order valence-corrected chi connectivity index (χ1v) is 11.6. The van der Waals surface area contributed by atoms with Crippen LogP contribution in [0.25, 0.3) is 0 Å². The van der Waals surface area contributed by atoms with Crippen molar-refractivity contribution < 1.29 is 16.8 Å². The monoisotopic (exact) mass is 372 g/mol. The van der Waals surface area contributed by atoms with Gasteiger partial charge in [0.25, 0.3) is 0 Å². The van der Waals surface area contributed by atoms with E-state index in [1.165, 1.54) is 0 Å². The molecule has 0 radical (unpaired) electrons. The lowest BCUT2D eigenvalue weighted by atomic mass is 10.3. The van der Waals surface area contributed by atoms with E-state index in [0.717, 1.165) is 25.7 Å². The Bertz CT molecular complexity index is 694. The fraction of sp³-hybridized carbons (Fsp3) is 0.625. The van der Waals surface area contributed by atoms with Crippen molar-refractivity contribution in [1.82, 2.24) is 0 Å². The summed E-state index contributed by atoms with van der Waals surface area (Å²) in [5.74, 6) is 0. The summed E-state index contributed by atoms with van der Waals surface area (Å²) in [5.41, 5.74) is 0.927. The van der Waals surface area contributed by atoms with Gasteiger partial charge in [0.05, 0.1) is 10.5 Å². The highest BCUT2D eigenvalue weighted by molar-refractivity contribution is 7.93. The molecule has 2 fully saturated rings. The molecule has 6 nitrogen and oxygen atoms in total. The molecule has 0 spiro atoms. The second-order valence-corrected chi connectivity index (χ2v) is 10.6. The van der Waals surface area contributed by atoms with E-state index in [1.54, 1.807) is 24.3 Å². The summed E-state index contributed by atoms with van der Waals surface area (Å²) in [7, 11) is -6.73. The van der Waals surface area contributed by atoms with Gasteiger partial charge in [0.2, 0.25) is 20.0 Å². The van der Waals surface area contributed by atoms with Crippen LogP contribution in [-0.2, 0) is 20.0 Å². The van der Waals surface area contributed by atoms with Crippen LogP contribution in [0.1, 0.15) is 51.4 Å². The van der Waals surface area contributed by atoms with Crippen molar-refractivity contribution in [1.29, 1.82) is 0 Å². The number of rotatable bonds is 6. The molecule has 0 unspecified atom stereocenters. The molecule has 3 rings (SSSR count). The minimum Gasteiger partial charge on any atom is -0.283 e. The summed E-state index contributed by atoms with van der Waals surface area (Å²) in [5, 5.41) is -0.643. The van der Waals surface area contributed by atoms with Gasteiger partial charge in [-0.25, -0.2) is 16.8 Å². The van der Waals surface area contributed by atoms with Gasteiger partial charge in [0.1, 0.15) is 0 Å². The fourth-order valence-corrected chi connectivity index (χ4v) is 6.67. The van der Waals surface area contributed by atoms with Gasteiger partial charge in [-0.3, -0.25) is 9.44 Å². The Balaban J connectivity index is 1.65. The smallest absolute Gasteiger partial charge is 0.235 e. The van der Waals surface area contributed by atoms with E-state index in [-0.39, 0.29) is 10.5 Å². The van der Waals surface area contributed by atoms with E-state index in [0.29, 0.717) is 37.1 Å². The molecule has 8 heteroatoms. The Morgan fingerprint density at radius 2 is 0.917 bits per heavy atom. The molecule has 0 amide bonds. The third kappa shape index (κ3) is 4.03. The highest BCUT2D eigenvalue weighted by Gasteiger charge is 2.29. The normalized spacial score (nSPS) is 20.3. The van der Waals surface area contributed by atoms with E-state index in [2.05, 4.69) is 9.44 Å². The van der Waals surface area contributed by atoms with Gasteiger partial charge in [-0.05, 0) is 49.9 Å². The Morgan fingerprint density at radius 3 is 1.21 bits per heavy atom. The lowest BCUT2D eigenvalue weighted by molar-refractivity contribution is 0.583. The molecule has 2 saturated carbocycles. The van der Waals surface area contributed by atoms with Crippen molar-refractivity contribution in [3.8, 4) is 0 Å². The Labute approximate surface area is 144 Å². The molecule has 0 atom stereocenters. The third-order valence-corrected chi connectivity index (χ3v) is 8.63. The number of nitrogens with one attached hydrogen (secondary N) is 2. The number of benzene rings is 1. The van der Waals surface area contributed by atoms with Crippen LogP contribution in [0, 0.1) is 0 Å². The van der Waals surface area contributed by atoms with Gasteiger partial charge < -0.3 is 0 Å². The van der Waals surface area contributed by atoms with Crippen LogP contribution in [0.5, 0.6) is 0 Å². The maximum atomic E-state index is 12.3. The standard InChI is InChI=1S/C16H24N2O4S2/c19-23(20,15-5-1-2-6-15)17-13-9-11-14(12-10-13)18-24(21,22)16-7-3-4-8-16/h9-12,15-18H,1-8H2. The molecule has 2 aliphatic carbocycles. The topological polar surface area (TPSA) is 92.3 Å². The zero-order valence-corrected chi connectivity index (χ0v) is 15.2. The highest BCUT2D eigenvalue weighted by Crippen LogP contribution is 2.28. The molecule has 24 heavy (non-hydrogen) atoms. The molecule has 0 bridgehead atoms. The summed E-state index contributed by atoms with van der Waals surface area (Å²) in [4.78, 5) is 0. The zero-order valence-electron chi connectivity index (χ0n) is 13.6. The molecule has 134 valence electrons. The van der Waals surface area contributed by atoms with Crippen molar-refractivity contribution in [3.63, 3.8) is 0 Å². The van der Waals surface area contributed by atoms with Gasteiger partial charge in [-0.15, -0.1) is 0 Å². The van der Waals surface area contributed by atoms with Crippen LogP contribution in [0.15, 0.2) is 24.3 Å². The maximum Gasteiger partial charge on any atom is 0.235 e. The number of hydrogen-bond donors (Lipinski definition) is 2. The van der Waals surface area contributed by atoms with Gasteiger partial charge in [-0.2, -0.15) is 0 Å². The molecular formula is C16H24N2O4S2. The molecule has 1 aromatic carbocycles. The van der Waals surface area contributed by atoms with Crippen LogP contribution < -0.4 is 9.44 Å². The summed E-state index contributed by atoms with van der Waals surface area (Å²) in [6.45, 7) is 0. The lowest BCUT2D eigenvalue weighted by Gasteiger charge is -2.15. The molecule has 2 aliphatic rings. The van der Waals surface area contributed by atoms with Crippen LogP contribution in [0.2, 0.25) is 0 Å². The summed E-state index contributed by atoms with van der Waals surface area (Å²) in [6, 6.07) is 6.38. The maximum absolute atomic E-state index is 12.3. The van der Waals surface area contributed by atoms with Crippen LogP contribution in [0.4, 0.5) is 11.4 Å². The average molecular weight is 373 g/mol. The Kier molecular flexibility index (Phi) is 5.05. The number of sulfonamides is 2. The van der Waals surface area contributed by atoms with Crippen molar-refractivity contribution in [2.75, 3.05) is 9.44 Å². The summed E-state index contributed by atoms with van der Waals surface area (Å²) >= 11 is 0. The molecule has 0 saturated heterocycles. The predicted molar refractivity (Wildman–Crippen MR) is 96.0 cm³/mol. The van der Waals surface area contributed by atoms with Gasteiger partial charge >= 0.3 is 0 Å². The van der Waals surface area contributed by atoms with E-state index >= 15 is 0 Å². The number of anilines is 2. The first-order chi connectivity index (χ1) is 11.4. The van der Waals surface area contributed by atoms with Crippen molar-refractivity contribution in [2.24, 2.45) is 0 Å². The third-order valence-electron chi connectivity index (χ3n) is 4.89. The van der Waals surface area contributed by atoms with Crippen LogP contribution >= 0.6 is 0 Å². The predicted octanol–water partition coefficient (Wildman–Crippen LogP) is 3.06. The molecular weight excluding hydrogens is 348 g/mol. The Morgan fingerprint density at radius 1 is 0.625 bits per heavy atom. The molecule has 0 heterocycles. The first kappa shape index (κ1) is 17.5. The van der Waals surface area contributed by atoms with Gasteiger partial charge in [-0.1, -0.05) is 25.7 Å². The SMILES string of the molecule is O=S(=O)(Nc1ccc(NS(=O)(=O)C2CCCC2)cc1)C1CCCC1. The largest absolute Gasteiger partial charge is 0.283 e. The second-order valence-electron chi connectivity index (χ2n) is 6.68. The molecule has 0 aromatic heterocycles. The van der Waals surface area contributed by atoms with Gasteiger partial charge in [0, 0.05) is 11.4 Å². The van der Waals surface area contributed by atoms with E-state index in [4.69, 9.17) is 0 Å². The Hall–Kier alpha value is -1.28.